The van der Waals surface area contributed by atoms with Crippen LogP contribution in [0.15, 0.2) is 59.7 Å². The zero-order chi connectivity index (χ0) is 29.4. The number of benzene rings is 2. The van der Waals surface area contributed by atoms with Gasteiger partial charge in [0.05, 0.1) is 55.9 Å². The van der Waals surface area contributed by atoms with Crippen LogP contribution in [0, 0.1) is 35.0 Å². The predicted molar refractivity (Wildman–Crippen MR) is 146 cm³/mol. The Kier molecular flexibility index (Phi) is 6.06. The van der Waals surface area contributed by atoms with Gasteiger partial charge in [-0.05, 0) is 62.4 Å². The van der Waals surface area contributed by atoms with E-state index in [1.807, 2.05) is 0 Å². The molecule has 3 aliphatic carbocycles. The minimum atomic E-state index is -1.46. The number of amides is 4. The Bertz CT molecular complexity index is 1430. The van der Waals surface area contributed by atoms with Crippen molar-refractivity contribution in [1.82, 2.24) is 0 Å². The SMILES string of the molecule is CCOC(=O)C1=C(C)C2[C@@H]3C(=O)N(c4ccc(OC)cc4)C(=O)[C@@H]3C1(C)[C@H]1C(=O)N(c3ccc(OC)cc3)C(=O)[C@@H]21. The van der Waals surface area contributed by atoms with Gasteiger partial charge in [0.15, 0.2) is 0 Å². The van der Waals surface area contributed by atoms with Crippen molar-refractivity contribution in [2.75, 3.05) is 30.6 Å². The second kappa shape index (κ2) is 9.29. The standard InChI is InChI=1S/C31H30N2O8/c1-6-41-30(38)23-15(2)20-21-24(28(36)32(26(21)34)16-7-11-18(39-4)12-8-16)31(23,3)25-22(20)27(35)33(29(25)37)17-9-13-19(40-5)14-10-17/h7-14,20-22,24-25H,6H2,1-5H3/t20?,21-,22-,24+,25+,31?/m0/s1. The van der Waals surface area contributed by atoms with Crippen LogP contribution in [0.2, 0.25) is 0 Å². The lowest BCUT2D eigenvalue weighted by molar-refractivity contribution is -0.155. The maximum atomic E-state index is 14.2. The first-order chi connectivity index (χ1) is 19.6. The molecular formula is C31H30N2O8. The summed E-state index contributed by atoms with van der Waals surface area (Å²) in [5.41, 5.74) is -0.0128. The van der Waals surface area contributed by atoms with Crippen molar-refractivity contribution in [3.63, 3.8) is 0 Å². The third-order valence-corrected chi connectivity index (χ3v) is 9.34. The number of hydrogen-bond acceptors (Lipinski definition) is 8. The van der Waals surface area contributed by atoms with Gasteiger partial charge in [0.2, 0.25) is 23.6 Å². The average molecular weight is 559 g/mol. The lowest BCUT2D eigenvalue weighted by Gasteiger charge is -2.55. The van der Waals surface area contributed by atoms with Gasteiger partial charge >= 0.3 is 5.97 Å². The van der Waals surface area contributed by atoms with Crippen LogP contribution in [0.25, 0.3) is 0 Å². The molecule has 2 aromatic carbocycles. The number of carbonyl (C=O) groups is 5. The molecule has 41 heavy (non-hydrogen) atoms. The number of ether oxygens (including phenoxy) is 3. The molecule has 4 amide bonds. The minimum absolute atomic E-state index is 0.0915. The van der Waals surface area contributed by atoms with E-state index in [1.54, 1.807) is 69.3 Å². The third-order valence-electron chi connectivity index (χ3n) is 9.34. The number of methoxy groups -OCH3 is 2. The number of esters is 1. The molecule has 2 saturated heterocycles. The zero-order valence-corrected chi connectivity index (χ0v) is 23.4. The Morgan fingerprint density at radius 1 is 0.732 bits per heavy atom. The molecule has 5 aliphatic rings. The summed E-state index contributed by atoms with van der Waals surface area (Å²) in [6, 6.07) is 13.1. The Morgan fingerprint density at radius 3 is 1.51 bits per heavy atom. The highest BCUT2D eigenvalue weighted by Gasteiger charge is 2.77. The number of carbonyl (C=O) groups excluding carboxylic acids is 5. The number of anilines is 2. The fourth-order valence-corrected chi connectivity index (χ4v) is 7.78. The molecule has 0 aromatic heterocycles. The molecule has 2 heterocycles. The van der Waals surface area contributed by atoms with Crippen LogP contribution in [-0.4, -0.2) is 50.4 Å². The molecule has 0 radical (unpaired) electrons. The van der Waals surface area contributed by atoms with E-state index >= 15 is 0 Å². The zero-order valence-electron chi connectivity index (χ0n) is 23.4. The van der Waals surface area contributed by atoms with Crippen molar-refractivity contribution in [1.29, 1.82) is 0 Å². The molecule has 1 saturated carbocycles. The molecule has 2 aliphatic heterocycles. The molecule has 0 unspecified atom stereocenters. The summed E-state index contributed by atoms with van der Waals surface area (Å²) in [4.78, 5) is 72.3. The van der Waals surface area contributed by atoms with Gasteiger partial charge in [-0.2, -0.15) is 0 Å². The van der Waals surface area contributed by atoms with Crippen LogP contribution >= 0.6 is 0 Å². The van der Waals surface area contributed by atoms with Crippen LogP contribution < -0.4 is 19.3 Å². The molecule has 10 nitrogen and oxygen atoms in total. The highest BCUT2D eigenvalue weighted by Crippen LogP contribution is 2.68. The Balaban J connectivity index is 1.51. The van der Waals surface area contributed by atoms with Crippen molar-refractivity contribution in [3.8, 4) is 11.5 Å². The summed E-state index contributed by atoms with van der Waals surface area (Å²) in [5, 5.41) is 0. The number of hydrogen-bond donors (Lipinski definition) is 0. The summed E-state index contributed by atoms with van der Waals surface area (Å²) in [5.74, 6) is -6.15. The Labute approximate surface area is 236 Å². The Morgan fingerprint density at radius 2 is 1.15 bits per heavy atom. The van der Waals surface area contributed by atoms with E-state index in [9.17, 15) is 24.0 Å². The molecular weight excluding hydrogens is 528 g/mol. The van der Waals surface area contributed by atoms with E-state index in [0.717, 1.165) is 9.80 Å². The molecule has 212 valence electrons. The number of rotatable bonds is 6. The fourth-order valence-electron chi connectivity index (χ4n) is 7.78. The molecule has 2 bridgehead atoms. The largest absolute Gasteiger partial charge is 0.497 e. The summed E-state index contributed by atoms with van der Waals surface area (Å²) in [7, 11) is 3.03. The first-order valence-electron chi connectivity index (χ1n) is 13.5. The topological polar surface area (TPSA) is 120 Å². The number of allylic oxidation sites excluding steroid dienone is 1. The molecule has 3 fully saturated rings. The maximum absolute atomic E-state index is 14.2. The predicted octanol–water partition coefficient (Wildman–Crippen LogP) is 3.14. The molecule has 0 N–H and O–H groups in total. The Hall–Kier alpha value is -4.47. The van der Waals surface area contributed by atoms with Gasteiger partial charge in [0, 0.05) is 16.9 Å². The first-order valence-corrected chi connectivity index (χ1v) is 13.5. The number of nitrogens with zero attached hydrogens (tertiary/aromatic N) is 2. The normalized spacial score (nSPS) is 30.1. The quantitative estimate of drug-likeness (QED) is 0.392. The lowest BCUT2D eigenvalue weighted by atomic mass is 9.43. The maximum Gasteiger partial charge on any atom is 0.334 e. The average Bonchev–Trinajstić information content (AvgIpc) is 3.39. The summed E-state index contributed by atoms with van der Waals surface area (Å²) < 4.78 is 15.9. The first kappa shape index (κ1) is 26.7. The highest BCUT2D eigenvalue weighted by molar-refractivity contribution is 6.27. The van der Waals surface area contributed by atoms with Crippen LogP contribution in [-0.2, 0) is 28.7 Å². The second-order valence-electron chi connectivity index (χ2n) is 11.0. The molecule has 0 spiro atoms. The summed E-state index contributed by atoms with van der Waals surface area (Å²) in [6.07, 6.45) is 0. The monoisotopic (exact) mass is 558 g/mol. The van der Waals surface area contributed by atoms with Gasteiger partial charge < -0.3 is 14.2 Å². The van der Waals surface area contributed by atoms with E-state index in [-0.39, 0.29) is 12.2 Å². The van der Waals surface area contributed by atoms with Gasteiger partial charge in [-0.1, -0.05) is 12.5 Å². The van der Waals surface area contributed by atoms with E-state index in [0.29, 0.717) is 28.4 Å². The molecule has 10 heteroatoms. The van der Waals surface area contributed by atoms with Crippen LogP contribution in [0.1, 0.15) is 20.8 Å². The third kappa shape index (κ3) is 3.39. The smallest absolute Gasteiger partial charge is 0.334 e. The summed E-state index contributed by atoms with van der Waals surface area (Å²) >= 11 is 0. The van der Waals surface area contributed by atoms with Crippen molar-refractivity contribution < 1.29 is 38.2 Å². The van der Waals surface area contributed by atoms with E-state index in [4.69, 9.17) is 14.2 Å². The van der Waals surface area contributed by atoms with Gasteiger partial charge in [-0.3, -0.25) is 29.0 Å². The van der Waals surface area contributed by atoms with Gasteiger partial charge in [-0.15, -0.1) is 0 Å². The van der Waals surface area contributed by atoms with Crippen molar-refractivity contribution in [2.24, 2.45) is 35.0 Å². The highest BCUT2D eigenvalue weighted by atomic mass is 16.5. The molecule has 7 rings (SSSR count). The minimum Gasteiger partial charge on any atom is -0.497 e. The molecule has 4 atom stereocenters. The number of imide groups is 2. The van der Waals surface area contributed by atoms with Crippen LogP contribution in [0.4, 0.5) is 11.4 Å². The van der Waals surface area contributed by atoms with Crippen LogP contribution in [0.3, 0.4) is 0 Å². The van der Waals surface area contributed by atoms with E-state index in [2.05, 4.69) is 0 Å². The van der Waals surface area contributed by atoms with Gasteiger partial charge in [-0.25, -0.2) is 4.79 Å². The molecule has 2 aromatic rings. The van der Waals surface area contributed by atoms with Gasteiger partial charge in [0.1, 0.15) is 11.5 Å². The lowest BCUT2D eigenvalue weighted by Crippen LogP contribution is -2.61. The fraction of sp³-hybridized carbons (Fsp3) is 0.387. The van der Waals surface area contributed by atoms with Crippen LogP contribution in [0.5, 0.6) is 11.5 Å². The second-order valence-corrected chi connectivity index (χ2v) is 11.0. The van der Waals surface area contributed by atoms with E-state index in [1.165, 1.54) is 14.2 Å². The van der Waals surface area contributed by atoms with Gasteiger partial charge in [0.25, 0.3) is 0 Å². The summed E-state index contributed by atoms with van der Waals surface area (Å²) in [6.45, 7) is 5.14. The van der Waals surface area contributed by atoms with Crippen molar-refractivity contribution in [2.45, 2.75) is 20.8 Å². The van der Waals surface area contributed by atoms with Crippen molar-refractivity contribution in [3.05, 3.63) is 59.7 Å². The van der Waals surface area contributed by atoms with E-state index < -0.39 is 64.6 Å². The van der Waals surface area contributed by atoms with Crippen molar-refractivity contribution >= 4 is 41.0 Å².